The maximum absolute atomic E-state index is 11.7. The van der Waals surface area contributed by atoms with Crippen LogP contribution in [-0.4, -0.2) is 28.3 Å². The van der Waals surface area contributed by atoms with Crippen LogP contribution in [0.15, 0.2) is 12.3 Å². The number of rotatable bonds is 4. The zero-order valence-electron chi connectivity index (χ0n) is 8.98. The van der Waals surface area contributed by atoms with Crippen LogP contribution in [0.4, 0.5) is 0 Å². The summed E-state index contributed by atoms with van der Waals surface area (Å²) in [5, 5.41) is 4.08. The Balaban J connectivity index is 1.81. The van der Waals surface area contributed by atoms with E-state index in [1.54, 1.807) is 16.9 Å². The molecule has 1 aliphatic rings. The average Bonchev–Trinajstić information content (AvgIpc) is 2.84. The SMILES string of the molecule is Cn1ccc(C(=O)CCC2CCCO2)n1. The summed E-state index contributed by atoms with van der Waals surface area (Å²) in [6.07, 6.45) is 5.67. The minimum atomic E-state index is 0.117. The van der Waals surface area contributed by atoms with E-state index in [1.807, 2.05) is 7.05 Å². The number of ketones is 1. The number of nitrogens with zero attached hydrogens (tertiary/aromatic N) is 2. The van der Waals surface area contributed by atoms with Gasteiger partial charge in [-0.2, -0.15) is 5.10 Å². The fraction of sp³-hybridized carbons (Fsp3) is 0.636. The zero-order chi connectivity index (χ0) is 10.7. The summed E-state index contributed by atoms with van der Waals surface area (Å²) in [4.78, 5) is 11.7. The summed E-state index contributed by atoms with van der Waals surface area (Å²) < 4.78 is 7.12. The van der Waals surface area contributed by atoms with E-state index in [1.165, 1.54) is 0 Å². The first-order valence-corrected chi connectivity index (χ1v) is 5.40. The van der Waals surface area contributed by atoms with Crippen molar-refractivity contribution in [2.75, 3.05) is 6.61 Å². The molecule has 0 spiro atoms. The van der Waals surface area contributed by atoms with Crippen LogP contribution < -0.4 is 0 Å². The monoisotopic (exact) mass is 208 g/mol. The molecule has 1 saturated heterocycles. The Morgan fingerprint density at radius 2 is 2.60 bits per heavy atom. The van der Waals surface area contributed by atoms with E-state index in [9.17, 15) is 4.79 Å². The van der Waals surface area contributed by atoms with Gasteiger partial charge in [0.05, 0.1) is 6.10 Å². The molecule has 2 rings (SSSR count). The predicted octanol–water partition coefficient (Wildman–Crippen LogP) is 1.56. The highest BCUT2D eigenvalue weighted by Gasteiger charge is 2.17. The van der Waals surface area contributed by atoms with E-state index in [0.29, 0.717) is 12.1 Å². The molecular weight excluding hydrogens is 192 g/mol. The van der Waals surface area contributed by atoms with Crippen molar-refractivity contribution in [3.63, 3.8) is 0 Å². The third-order valence-corrected chi connectivity index (χ3v) is 2.72. The lowest BCUT2D eigenvalue weighted by Gasteiger charge is -2.06. The van der Waals surface area contributed by atoms with E-state index in [0.717, 1.165) is 25.9 Å². The Bertz CT molecular complexity index is 340. The number of aromatic nitrogens is 2. The lowest BCUT2D eigenvalue weighted by Crippen LogP contribution is -2.09. The van der Waals surface area contributed by atoms with Crippen molar-refractivity contribution < 1.29 is 9.53 Å². The summed E-state index contributed by atoms with van der Waals surface area (Å²) in [6, 6.07) is 1.76. The minimum Gasteiger partial charge on any atom is -0.378 e. The second-order valence-electron chi connectivity index (χ2n) is 3.97. The highest BCUT2D eigenvalue weighted by Crippen LogP contribution is 2.17. The fourth-order valence-electron chi connectivity index (χ4n) is 1.86. The van der Waals surface area contributed by atoms with E-state index in [-0.39, 0.29) is 11.9 Å². The van der Waals surface area contributed by atoms with Gasteiger partial charge in [0.1, 0.15) is 5.69 Å². The lowest BCUT2D eigenvalue weighted by atomic mass is 10.1. The Morgan fingerprint density at radius 3 is 3.20 bits per heavy atom. The van der Waals surface area contributed by atoms with Gasteiger partial charge in [-0.05, 0) is 25.3 Å². The molecule has 82 valence electrons. The number of carbonyl (C=O) groups excluding carboxylic acids is 1. The molecule has 4 heteroatoms. The molecule has 0 bridgehead atoms. The highest BCUT2D eigenvalue weighted by molar-refractivity contribution is 5.94. The molecule has 1 aromatic rings. The van der Waals surface area contributed by atoms with Gasteiger partial charge in [-0.15, -0.1) is 0 Å². The van der Waals surface area contributed by atoms with E-state index < -0.39 is 0 Å². The Kier molecular flexibility index (Phi) is 3.16. The van der Waals surface area contributed by atoms with Gasteiger partial charge in [-0.1, -0.05) is 0 Å². The number of carbonyl (C=O) groups is 1. The zero-order valence-corrected chi connectivity index (χ0v) is 8.98. The molecule has 1 atom stereocenters. The fourth-order valence-corrected chi connectivity index (χ4v) is 1.86. The summed E-state index contributed by atoms with van der Waals surface area (Å²) in [5.41, 5.74) is 0.565. The largest absolute Gasteiger partial charge is 0.378 e. The quantitative estimate of drug-likeness (QED) is 0.705. The molecule has 1 fully saturated rings. The molecule has 4 nitrogen and oxygen atoms in total. The topological polar surface area (TPSA) is 44.1 Å². The predicted molar refractivity (Wildman–Crippen MR) is 55.7 cm³/mol. The van der Waals surface area contributed by atoms with Gasteiger partial charge in [0.15, 0.2) is 5.78 Å². The standard InChI is InChI=1S/C11H16N2O2/c1-13-7-6-10(12-13)11(14)5-4-9-3-2-8-15-9/h6-7,9H,2-5,8H2,1H3. The van der Waals surface area contributed by atoms with Crippen molar-refractivity contribution in [3.05, 3.63) is 18.0 Å². The third-order valence-electron chi connectivity index (χ3n) is 2.72. The Hall–Kier alpha value is -1.16. The smallest absolute Gasteiger partial charge is 0.183 e. The molecule has 1 aliphatic heterocycles. The van der Waals surface area contributed by atoms with Gasteiger partial charge in [-0.25, -0.2) is 0 Å². The number of aryl methyl sites for hydroxylation is 1. The molecule has 1 aromatic heterocycles. The molecule has 15 heavy (non-hydrogen) atoms. The number of hydrogen-bond donors (Lipinski definition) is 0. The van der Waals surface area contributed by atoms with Crippen LogP contribution in [0, 0.1) is 0 Å². The molecule has 0 aliphatic carbocycles. The van der Waals surface area contributed by atoms with E-state index in [4.69, 9.17) is 4.74 Å². The first-order chi connectivity index (χ1) is 7.25. The van der Waals surface area contributed by atoms with Crippen molar-refractivity contribution in [1.29, 1.82) is 0 Å². The molecule has 0 amide bonds. The maximum atomic E-state index is 11.7. The van der Waals surface area contributed by atoms with Crippen LogP contribution in [-0.2, 0) is 11.8 Å². The molecule has 0 saturated carbocycles. The van der Waals surface area contributed by atoms with Crippen molar-refractivity contribution in [3.8, 4) is 0 Å². The summed E-state index contributed by atoms with van der Waals surface area (Å²) in [7, 11) is 1.82. The maximum Gasteiger partial charge on any atom is 0.183 e. The van der Waals surface area contributed by atoms with Crippen molar-refractivity contribution >= 4 is 5.78 Å². The molecule has 0 aromatic carbocycles. The van der Waals surface area contributed by atoms with Crippen LogP contribution >= 0.6 is 0 Å². The van der Waals surface area contributed by atoms with Crippen LogP contribution in [0.25, 0.3) is 0 Å². The normalized spacial score (nSPS) is 20.7. The first kappa shape index (κ1) is 10.4. The van der Waals surface area contributed by atoms with Crippen LogP contribution in [0.2, 0.25) is 0 Å². The highest BCUT2D eigenvalue weighted by atomic mass is 16.5. The van der Waals surface area contributed by atoms with Gasteiger partial charge in [0, 0.05) is 26.3 Å². The van der Waals surface area contributed by atoms with Gasteiger partial charge in [-0.3, -0.25) is 9.48 Å². The van der Waals surface area contributed by atoms with Gasteiger partial charge in [0.2, 0.25) is 0 Å². The Morgan fingerprint density at radius 1 is 1.73 bits per heavy atom. The van der Waals surface area contributed by atoms with E-state index in [2.05, 4.69) is 5.10 Å². The van der Waals surface area contributed by atoms with Gasteiger partial charge < -0.3 is 4.74 Å². The molecular formula is C11H16N2O2. The van der Waals surface area contributed by atoms with Crippen LogP contribution in [0.5, 0.6) is 0 Å². The number of Topliss-reactive ketones (excluding diaryl/α,β-unsaturated/α-hetero) is 1. The average molecular weight is 208 g/mol. The van der Waals surface area contributed by atoms with Crippen molar-refractivity contribution in [1.82, 2.24) is 9.78 Å². The third kappa shape index (κ3) is 2.65. The molecule has 0 N–H and O–H groups in total. The van der Waals surface area contributed by atoms with Crippen molar-refractivity contribution in [2.24, 2.45) is 7.05 Å². The number of ether oxygens (including phenoxy) is 1. The minimum absolute atomic E-state index is 0.117. The van der Waals surface area contributed by atoms with Crippen molar-refractivity contribution in [2.45, 2.75) is 31.8 Å². The Labute approximate surface area is 89.2 Å². The first-order valence-electron chi connectivity index (χ1n) is 5.40. The van der Waals surface area contributed by atoms with E-state index >= 15 is 0 Å². The number of hydrogen-bond acceptors (Lipinski definition) is 3. The summed E-state index contributed by atoms with van der Waals surface area (Å²) in [6.45, 7) is 0.850. The van der Waals surface area contributed by atoms with Gasteiger partial charge >= 0.3 is 0 Å². The summed E-state index contributed by atoms with van der Waals surface area (Å²) >= 11 is 0. The molecule has 1 unspecified atom stereocenters. The molecule has 0 radical (unpaired) electrons. The molecule has 2 heterocycles. The summed E-state index contributed by atoms with van der Waals surface area (Å²) in [5.74, 6) is 0.117. The second kappa shape index (κ2) is 4.57. The van der Waals surface area contributed by atoms with Gasteiger partial charge in [0.25, 0.3) is 0 Å². The lowest BCUT2D eigenvalue weighted by molar-refractivity contribution is 0.0855. The van der Waals surface area contributed by atoms with Crippen LogP contribution in [0.1, 0.15) is 36.2 Å². The second-order valence-corrected chi connectivity index (χ2v) is 3.97. The van der Waals surface area contributed by atoms with Crippen LogP contribution in [0.3, 0.4) is 0 Å².